The summed E-state index contributed by atoms with van der Waals surface area (Å²) < 4.78 is 0. The Morgan fingerprint density at radius 3 is 2.11 bits per heavy atom. The molecule has 5 amide bonds. The van der Waals surface area contributed by atoms with Gasteiger partial charge in [0.15, 0.2) is 5.96 Å². The number of hydrogen-bond donors (Lipinski definition) is 10. The first kappa shape index (κ1) is 43.2. The molecule has 0 bridgehead atoms. The number of fused-ring (bicyclic) bond motifs is 1. The van der Waals surface area contributed by atoms with Crippen LogP contribution >= 0.6 is 0 Å². The van der Waals surface area contributed by atoms with Gasteiger partial charge in [-0.2, -0.15) is 0 Å². The van der Waals surface area contributed by atoms with Crippen LogP contribution in [0, 0.1) is 0 Å². The molecule has 0 radical (unpaired) electrons. The van der Waals surface area contributed by atoms with Crippen molar-refractivity contribution >= 4 is 58.3 Å². The number of carbonyl (C=O) groups excluding carboxylic acids is 5. The maximum absolute atomic E-state index is 14.1. The van der Waals surface area contributed by atoms with Crippen LogP contribution in [0.15, 0.2) is 65.8 Å². The third-order valence-electron chi connectivity index (χ3n) is 9.54. The number of nitrogens with two attached hydrogens (primary N) is 3. The Kier molecular flexibility index (Phi) is 15.9. The number of aliphatic imine (C=N–C) groups is 1. The molecule has 13 N–H and O–H groups in total. The van der Waals surface area contributed by atoms with Gasteiger partial charge in [-0.15, -0.1) is 0 Å². The molecule has 2 aromatic carbocycles. The average Bonchev–Trinajstić information content (AvgIpc) is 3.85. The summed E-state index contributed by atoms with van der Waals surface area (Å²) in [7, 11) is 0. The van der Waals surface area contributed by atoms with Crippen molar-refractivity contribution in [2.24, 2.45) is 22.2 Å². The summed E-state index contributed by atoms with van der Waals surface area (Å²) in [4.78, 5) is 99.7. The topological polar surface area (TPSA) is 318 Å². The normalized spacial score (nSPS) is 15.7. The van der Waals surface area contributed by atoms with Crippen LogP contribution in [0.1, 0.15) is 49.7 Å². The van der Waals surface area contributed by atoms with Gasteiger partial charge in [-0.25, -0.2) is 4.79 Å². The SMILES string of the molecule is NCC(=O)N1CCC[C@H]1C(=O)N[C@@H](CCC(=O)O)C(=O)N[C@@H](Cc1ccccc1)C(=O)N[C@@H](CCCN=C(N)N)C(=O)N[C@@H](Cc1c[nH]c2ccccc12)C(=O)O. The Morgan fingerprint density at radius 2 is 1.44 bits per heavy atom. The molecule has 4 rings (SSSR count). The molecule has 1 fully saturated rings. The monoisotopic (exact) mass is 790 g/mol. The number of carboxylic acid groups (broad SMARTS) is 2. The maximum Gasteiger partial charge on any atom is 0.326 e. The van der Waals surface area contributed by atoms with Gasteiger partial charge in [-0.3, -0.25) is 33.8 Å². The first-order chi connectivity index (χ1) is 27.3. The molecule has 5 atom stereocenters. The van der Waals surface area contributed by atoms with Gasteiger partial charge in [-0.05, 0) is 49.3 Å². The van der Waals surface area contributed by atoms with Crippen molar-refractivity contribution in [1.82, 2.24) is 31.2 Å². The first-order valence-corrected chi connectivity index (χ1v) is 18.6. The Balaban J connectivity index is 1.57. The molecule has 1 aliphatic rings. The van der Waals surface area contributed by atoms with Gasteiger partial charge in [0.2, 0.25) is 29.5 Å². The fraction of sp³-hybridized carbons (Fsp3) is 0.421. The van der Waals surface area contributed by atoms with Gasteiger partial charge >= 0.3 is 11.9 Å². The maximum atomic E-state index is 14.1. The molecular weight excluding hydrogens is 740 g/mol. The largest absolute Gasteiger partial charge is 0.481 e. The zero-order valence-corrected chi connectivity index (χ0v) is 31.3. The number of nitrogens with one attached hydrogen (secondary N) is 5. The van der Waals surface area contributed by atoms with E-state index in [1.165, 1.54) is 4.90 Å². The molecule has 1 saturated heterocycles. The number of guanidine groups is 1. The molecule has 3 aromatic rings. The van der Waals surface area contributed by atoms with E-state index in [1.807, 2.05) is 18.2 Å². The number of benzene rings is 2. The minimum atomic E-state index is -1.42. The lowest BCUT2D eigenvalue weighted by molar-refractivity contribution is -0.142. The third kappa shape index (κ3) is 12.8. The number of amides is 5. The number of para-hydroxylation sites is 1. The van der Waals surface area contributed by atoms with Crippen molar-refractivity contribution < 1.29 is 43.8 Å². The first-order valence-electron chi connectivity index (χ1n) is 18.6. The predicted octanol–water partition coefficient (Wildman–Crippen LogP) is -1.15. The molecule has 1 aliphatic heterocycles. The van der Waals surface area contributed by atoms with Crippen LogP contribution in [0.5, 0.6) is 0 Å². The van der Waals surface area contributed by atoms with Crippen molar-refractivity contribution in [1.29, 1.82) is 0 Å². The molecule has 0 saturated carbocycles. The number of hydrogen-bond acceptors (Lipinski definition) is 9. The highest BCUT2D eigenvalue weighted by Crippen LogP contribution is 2.20. The van der Waals surface area contributed by atoms with Crippen LogP contribution in [-0.2, 0) is 46.4 Å². The summed E-state index contributed by atoms with van der Waals surface area (Å²) in [5.41, 5.74) is 18.5. The van der Waals surface area contributed by atoms with Gasteiger partial charge in [0, 0.05) is 49.5 Å². The molecule has 57 heavy (non-hydrogen) atoms. The summed E-state index contributed by atoms with van der Waals surface area (Å²) in [6.45, 7) is 0.0534. The summed E-state index contributed by atoms with van der Waals surface area (Å²) in [5, 5.41) is 30.7. The van der Waals surface area contributed by atoms with E-state index in [1.54, 1.807) is 42.6 Å². The summed E-state index contributed by atoms with van der Waals surface area (Å²) >= 11 is 0. The third-order valence-corrected chi connectivity index (χ3v) is 9.54. The number of likely N-dealkylation sites (tertiary alicyclic amines) is 1. The van der Waals surface area contributed by atoms with Gasteiger partial charge in [0.25, 0.3) is 0 Å². The van der Waals surface area contributed by atoms with E-state index in [2.05, 4.69) is 31.2 Å². The quantitative estimate of drug-likeness (QED) is 0.0347. The molecule has 19 heteroatoms. The second-order valence-corrected chi connectivity index (χ2v) is 13.7. The van der Waals surface area contributed by atoms with Crippen molar-refractivity contribution in [3.05, 3.63) is 71.9 Å². The number of H-pyrrole nitrogens is 1. The lowest BCUT2D eigenvalue weighted by atomic mass is 10.0. The van der Waals surface area contributed by atoms with Crippen molar-refractivity contribution in [2.75, 3.05) is 19.6 Å². The van der Waals surface area contributed by atoms with E-state index in [0.29, 0.717) is 24.0 Å². The van der Waals surface area contributed by atoms with Crippen molar-refractivity contribution in [3.8, 4) is 0 Å². The minimum absolute atomic E-state index is 0.0313. The van der Waals surface area contributed by atoms with Gasteiger partial charge in [0.05, 0.1) is 6.54 Å². The molecule has 0 aliphatic carbocycles. The number of aromatic amines is 1. The Morgan fingerprint density at radius 1 is 0.807 bits per heavy atom. The molecule has 1 aromatic heterocycles. The fourth-order valence-corrected chi connectivity index (χ4v) is 6.63. The van der Waals surface area contributed by atoms with Crippen molar-refractivity contribution in [2.45, 2.75) is 81.6 Å². The van der Waals surface area contributed by atoms with Crippen molar-refractivity contribution in [3.63, 3.8) is 0 Å². The van der Waals surface area contributed by atoms with Crippen LogP contribution in [0.3, 0.4) is 0 Å². The average molecular weight is 791 g/mol. The number of aliphatic carboxylic acids is 2. The second-order valence-electron chi connectivity index (χ2n) is 13.7. The summed E-state index contributed by atoms with van der Waals surface area (Å²) in [6, 6.07) is 9.48. The lowest BCUT2D eigenvalue weighted by Gasteiger charge is -2.28. The molecule has 0 unspecified atom stereocenters. The Bertz CT molecular complexity index is 1930. The van der Waals surface area contributed by atoms with E-state index in [4.69, 9.17) is 17.2 Å². The predicted molar refractivity (Wildman–Crippen MR) is 208 cm³/mol. The molecule has 19 nitrogen and oxygen atoms in total. The van der Waals surface area contributed by atoms with E-state index < -0.39 is 78.1 Å². The van der Waals surface area contributed by atoms with Crippen LogP contribution in [0.2, 0.25) is 0 Å². The van der Waals surface area contributed by atoms with E-state index in [9.17, 15) is 43.8 Å². The number of aromatic nitrogens is 1. The Labute approximate surface area is 328 Å². The van der Waals surface area contributed by atoms with Gasteiger partial charge < -0.3 is 58.6 Å². The van der Waals surface area contributed by atoms with Gasteiger partial charge in [-0.1, -0.05) is 48.5 Å². The minimum Gasteiger partial charge on any atom is -0.481 e. The zero-order chi connectivity index (χ0) is 41.5. The van der Waals surface area contributed by atoms with E-state index in [0.717, 1.165) is 10.9 Å². The van der Waals surface area contributed by atoms with Crippen LogP contribution < -0.4 is 38.5 Å². The van der Waals surface area contributed by atoms with E-state index in [-0.39, 0.29) is 57.7 Å². The second kappa shape index (κ2) is 21.0. The van der Waals surface area contributed by atoms with E-state index >= 15 is 0 Å². The lowest BCUT2D eigenvalue weighted by Crippen LogP contribution is -2.59. The molecule has 2 heterocycles. The van der Waals surface area contributed by atoms with Crippen LogP contribution in [-0.4, -0.2) is 117 Å². The fourth-order valence-electron chi connectivity index (χ4n) is 6.63. The highest BCUT2D eigenvalue weighted by molar-refractivity contribution is 5.96. The number of carbonyl (C=O) groups is 7. The number of rotatable bonds is 21. The van der Waals surface area contributed by atoms with Crippen LogP contribution in [0.4, 0.5) is 0 Å². The Hall–Kier alpha value is -6.50. The number of carboxylic acids is 2. The summed E-state index contributed by atoms with van der Waals surface area (Å²) in [6.07, 6.45) is 1.64. The molecule has 306 valence electrons. The number of nitrogens with zero attached hydrogens (tertiary/aromatic N) is 2. The van der Waals surface area contributed by atoms with Crippen LogP contribution in [0.25, 0.3) is 10.9 Å². The zero-order valence-electron chi connectivity index (χ0n) is 31.3. The standard InChI is InChI=1S/C38H50N10O9/c39-20-31(49)48-17-7-13-30(48)36(55)45-27(14-15-32(50)51)34(53)46-28(18-22-8-2-1-3-9-22)35(54)44-26(12-6-16-42-38(40)41)33(52)47-29(37(56)57)19-23-21-43-25-11-5-4-10-24(23)25/h1-5,8-11,21,26-30,43H,6-7,12-20,39H2,(H,44,54)(H,45,55)(H,46,53)(H,47,52)(H,50,51)(H,56,57)(H4,40,41,42)/t26-,27-,28-,29-,30-/m0/s1. The molecular formula is C38H50N10O9. The van der Waals surface area contributed by atoms with Gasteiger partial charge in [0.1, 0.15) is 30.2 Å². The highest BCUT2D eigenvalue weighted by atomic mass is 16.4. The highest BCUT2D eigenvalue weighted by Gasteiger charge is 2.37. The summed E-state index contributed by atoms with van der Waals surface area (Å²) in [5.74, 6) is -6.39. The smallest absolute Gasteiger partial charge is 0.326 e. The molecule has 0 spiro atoms.